The molecule has 0 radical (unpaired) electrons. The average molecular weight is 287 g/mol. The van der Waals surface area contributed by atoms with Crippen LogP contribution in [0.1, 0.15) is 21.3 Å². The van der Waals surface area contributed by atoms with Crippen molar-refractivity contribution in [1.82, 2.24) is 10.3 Å². The summed E-state index contributed by atoms with van der Waals surface area (Å²) in [6.07, 6.45) is 1.62. The first-order chi connectivity index (χ1) is 9.65. The van der Waals surface area contributed by atoms with E-state index < -0.39 is 0 Å². The molecule has 3 N–H and O–H groups in total. The Morgan fingerprint density at radius 1 is 1.45 bits per heavy atom. The number of anilines is 1. The molecule has 0 aliphatic rings. The molecule has 0 unspecified atom stereocenters. The summed E-state index contributed by atoms with van der Waals surface area (Å²) < 4.78 is 6.31. The Bertz CT molecular complexity index is 776. The van der Waals surface area contributed by atoms with Crippen LogP contribution in [0.25, 0.3) is 10.1 Å². The summed E-state index contributed by atoms with van der Waals surface area (Å²) in [4.78, 5) is 16.7. The highest BCUT2D eigenvalue weighted by atomic mass is 32.1. The molecule has 0 spiro atoms. The molecule has 0 saturated carbocycles. The van der Waals surface area contributed by atoms with E-state index in [0.29, 0.717) is 16.5 Å². The summed E-state index contributed by atoms with van der Waals surface area (Å²) in [6, 6.07) is 7.69. The Balaban J connectivity index is 1.80. The van der Waals surface area contributed by atoms with E-state index in [9.17, 15) is 4.79 Å². The number of carbonyl (C=O) groups is 1. The maximum absolute atomic E-state index is 12.2. The molecule has 2 heterocycles. The average Bonchev–Trinajstić information content (AvgIpc) is 3.01. The summed E-state index contributed by atoms with van der Waals surface area (Å²) in [5.74, 6) is 0.991. The molecule has 0 atom stereocenters. The van der Waals surface area contributed by atoms with Gasteiger partial charge in [0.2, 0.25) is 5.89 Å². The van der Waals surface area contributed by atoms with Gasteiger partial charge in [-0.05, 0) is 13.0 Å². The normalized spacial score (nSPS) is 10.8. The topological polar surface area (TPSA) is 81.2 Å². The second-order valence-electron chi connectivity index (χ2n) is 4.39. The zero-order valence-corrected chi connectivity index (χ0v) is 11.7. The van der Waals surface area contributed by atoms with Crippen molar-refractivity contribution in [2.75, 3.05) is 5.73 Å². The Hall–Kier alpha value is -2.34. The van der Waals surface area contributed by atoms with Gasteiger partial charge in [0.15, 0.2) is 0 Å². The van der Waals surface area contributed by atoms with Crippen LogP contribution >= 0.6 is 11.3 Å². The van der Waals surface area contributed by atoms with E-state index in [2.05, 4.69) is 10.3 Å². The highest BCUT2D eigenvalue weighted by molar-refractivity contribution is 7.21. The van der Waals surface area contributed by atoms with Crippen molar-refractivity contribution in [3.05, 3.63) is 47.0 Å². The number of nitrogen functional groups attached to an aromatic ring is 1. The molecular formula is C14H13N3O2S. The van der Waals surface area contributed by atoms with Crippen LogP contribution < -0.4 is 11.1 Å². The van der Waals surface area contributed by atoms with E-state index in [1.807, 2.05) is 31.2 Å². The first-order valence-corrected chi connectivity index (χ1v) is 6.93. The van der Waals surface area contributed by atoms with Gasteiger partial charge in [-0.1, -0.05) is 18.2 Å². The summed E-state index contributed by atoms with van der Waals surface area (Å²) in [5, 5.41) is 3.68. The summed E-state index contributed by atoms with van der Waals surface area (Å²) in [6.45, 7) is 2.06. The molecule has 102 valence electrons. The van der Waals surface area contributed by atoms with Crippen LogP contribution in [0.15, 0.2) is 34.9 Å². The number of amides is 1. The van der Waals surface area contributed by atoms with Gasteiger partial charge in [-0.3, -0.25) is 4.79 Å². The number of aryl methyl sites for hydroxylation is 1. The number of fused-ring (bicyclic) bond motifs is 1. The van der Waals surface area contributed by atoms with Gasteiger partial charge in [-0.2, -0.15) is 0 Å². The molecule has 6 heteroatoms. The second kappa shape index (κ2) is 4.97. The number of hydrogen-bond donors (Lipinski definition) is 2. The SMILES string of the molecule is Cc1cnc(CNC(=O)c2sc3ccccc3c2N)o1. The van der Waals surface area contributed by atoms with E-state index >= 15 is 0 Å². The summed E-state index contributed by atoms with van der Waals surface area (Å²) >= 11 is 1.38. The van der Waals surface area contributed by atoms with Crippen molar-refractivity contribution in [3.63, 3.8) is 0 Å². The monoisotopic (exact) mass is 287 g/mol. The number of rotatable bonds is 3. The third-order valence-electron chi connectivity index (χ3n) is 2.91. The van der Waals surface area contributed by atoms with E-state index in [1.165, 1.54) is 11.3 Å². The molecular weight excluding hydrogens is 274 g/mol. The zero-order valence-electron chi connectivity index (χ0n) is 10.8. The van der Waals surface area contributed by atoms with Crippen molar-refractivity contribution >= 4 is 33.0 Å². The smallest absolute Gasteiger partial charge is 0.263 e. The number of carbonyl (C=O) groups excluding carboxylic acids is 1. The lowest BCUT2D eigenvalue weighted by Gasteiger charge is -2.01. The third-order valence-corrected chi connectivity index (χ3v) is 4.09. The fraction of sp³-hybridized carbons (Fsp3) is 0.143. The standard InChI is InChI=1S/C14H13N3O2S/c1-8-6-16-11(19-8)7-17-14(18)13-12(15)9-4-2-3-5-10(9)20-13/h2-6H,7,15H2,1H3,(H,17,18). The van der Waals surface area contributed by atoms with Crippen LogP contribution in [-0.2, 0) is 6.54 Å². The molecule has 1 amide bonds. The van der Waals surface area contributed by atoms with Crippen LogP contribution in [0.3, 0.4) is 0 Å². The van der Waals surface area contributed by atoms with E-state index in [4.69, 9.17) is 10.2 Å². The van der Waals surface area contributed by atoms with Crippen molar-refractivity contribution in [2.45, 2.75) is 13.5 Å². The molecule has 0 aliphatic heterocycles. The number of thiophene rings is 1. The first kappa shape index (κ1) is 12.7. The number of nitrogens with one attached hydrogen (secondary N) is 1. The van der Waals surface area contributed by atoms with Crippen molar-refractivity contribution in [2.24, 2.45) is 0 Å². The predicted octanol–water partition coefficient (Wildman–Crippen LogP) is 2.71. The number of aromatic nitrogens is 1. The number of oxazole rings is 1. The van der Waals surface area contributed by atoms with Gasteiger partial charge in [0.1, 0.15) is 10.6 Å². The third kappa shape index (κ3) is 2.25. The molecule has 2 aromatic heterocycles. The molecule has 0 bridgehead atoms. The van der Waals surface area contributed by atoms with Gasteiger partial charge in [-0.15, -0.1) is 11.3 Å². The summed E-state index contributed by atoms with van der Waals surface area (Å²) in [7, 11) is 0. The maximum Gasteiger partial charge on any atom is 0.263 e. The lowest BCUT2D eigenvalue weighted by atomic mass is 10.2. The molecule has 0 saturated heterocycles. The number of nitrogens with zero attached hydrogens (tertiary/aromatic N) is 1. The lowest BCUT2D eigenvalue weighted by molar-refractivity contribution is 0.0952. The minimum absolute atomic E-state index is 0.209. The predicted molar refractivity (Wildman–Crippen MR) is 78.6 cm³/mol. The van der Waals surface area contributed by atoms with Crippen molar-refractivity contribution < 1.29 is 9.21 Å². The number of benzene rings is 1. The number of nitrogens with two attached hydrogens (primary N) is 1. The first-order valence-electron chi connectivity index (χ1n) is 6.11. The Morgan fingerprint density at radius 3 is 2.95 bits per heavy atom. The van der Waals surface area contributed by atoms with Crippen LogP contribution in [0.4, 0.5) is 5.69 Å². The Morgan fingerprint density at radius 2 is 2.25 bits per heavy atom. The Kier molecular flexibility index (Phi) is 3.15. The highest BCUT2D eigenvalue weighted by Gasteiger charge is 2.16. The molecule has 1 aromatic carbocycles. The summed E-state index contributed by atoms with van der Waals surface area (Å²) in [5.41, 5.74) is 6.54. The van der Waals surface area contributed by atoms with Crippen molar-refractivity contribution in [1.29, 1.82) is 0 Å². The van der Waals surface area contributed by atoms with E-state index in [0.717, 1.165) is 15.8 Å². The van der Waals surface area contributed by atoms with Gasteiger partial charge >= 0.3 is 0 Å². The van der Waals surface area contributed by atoms with Crippen LogP contribution in [-0.4, -0.2) is 10.9 Å². The molecule has 20 heavy (non-hydrogen) atoms. The quantitative estimate of drug-likeness (QED) is 0.776. The molecule has 5 nitrogen and oxygen atoms in total. The van der Waals surface area contributed by atoms with Crippen LogP contribution in [0.5, 0.6) is 0 Å². The maximum atomic E-state index is 12.2. The largest absolute Gasteiger partial charge is 0.444 e. The molecule has 0 aliphatic carbocycles. The fourth-order valence-electron chi connectivity index (χ4n) is 1.95. The van der Waals surface area contributed by atoms with Gasteiger partial charge in [0.25, 0.3) is 5.91 Å². The highest BCUT2D eigenvalue weighted by Crippen LogP contribution is 2.33. The Labute approximate surface area is 119 Å². The van der Waals surface area contributed by atoms with Crippen molar-refractivity contribution in [3.8, 4) is 0 Å². The molecule has 3 rings (SSSR count). The van der Waals surface area contributed by atoms with Crippen LogP contribution in [0.2, 0.25) is 0 Å². The minimum Gasteiger partial charge on any atom is -0.444 e. The minimum atomic E-state index is -0.209. The van der Waals surface area contributed by atoms with Gasteiger partial charge in [-0.25, -0.2) is 4.98 Å². The molecule has 3 aromatic rings. The second-order valence-corrected chi connectivity index (χ2v) is 5.44. The van der Waals surface area contributed by atoms with Gasteiger partial charge in [0, 0.05) is 10.1 Å². The van der Waals surface area contributed by atoms with Gasteiger partial charge in [0.05, 0.1) is 18.4 Å². The lowest BCUT2D eigenvalue weighted by Crippen LogP contribution is -2.22. The molecule has 0 fully saturated rings. The van der Waals surface area contributed by atoms with E-state index in [-0.39, 0.29) is 12.5 Å². The van der Waals surface area contributed by atoms with Gasteiger partial charge < -0.3 is 15.5 Å². The number of hydrogen-bond acceptors (Lipinski definition) is 5. The zero-order chi connectivity index (χ0) is 14.1. The van der Waals surface area contributed by atoms with Crippen LogP contribution in [0, 0.1) is 6.92 Å². The van der Waals surface area contributed by atoms with E-state index in [1.54, 1.807) is 6.20 Å². The fourth-order valence-corrected chi connectivity index (χ4v) is 2.99.